The molecule has 0 radical (unpaired) electrons. The monoisotopic (exact) mass is 265 g/mol. The molecule has 0 bridgehead atoms. The van der Waals surface area contributed by atoms with Crippen LogP contribution in [-0.2, 0) is 28.4 Å². The van der Waals surface area contributed by atoms with E-state index in [0.717, 1.165) is 12.8 Å². The first-order valence-electron chi connectivity index (χ1n) is 6.22. The maximum atomic E-state index is 12.2. The molecule has 1 aromatic carbocycles. The first-order valence-corrected chi connectivity index (χ1v) is 7.60. The molecular formula is C14H19NO2S. The van der Waals surface area contributed by atoms with Gasteiger partial charge < -0.3 is 4.90 Å². The third kappa shape index (κ3) is 2.99. The predicted octanol–water partition coefficient (Wildman–Crippen LogP) is 1.38. The summed E-state index contributed by atoms with van der Waals surface area (Å²) in [5.41, 5.74) is 2.63. The number of benzene rings is 1. The van der Waals surface area contributed by atoms with E-state index in [0.29, 0.717) is 12.2 Å². The van der Waals surface area contributed by atoms with Crippen molar-refractivity contribution in [2.45, 2.75) is 24.5 Å². The van der Waals surface area contributed by atoms with E-state index < -0.39 is 10.8 Å². The molecule has 98 valence electrons. The molecule has 18 heavy (non-hydrogen) atoms. The van der Waals surface area contributed by atoms with Gasteiger partial charge in [0.25, 0.3) is 0 Å². The minimum Gasteiger partial charge on any atom is -0.349 e. The van der Waals surface area contributed by atoms with Crippen LogP contribution in [0, 0.1) is 0 Å². The minimum absolute atomic E-state index is 0.0545. The van der Waals surface area contributed by atoms with Crippen molar-refractivity contribution in [3.8, 4) is 0 Å². The Morgan fingerprint density at radius 1 is 1.28 bits per heavy atom. The predicted molar refractivity (Wildman–Crippen MR) is 74.0 cm³/mol. The lowest BCUT2D eigenvalue weighted by atomic mass is 10.1. The maximum Gasteiger partial charge on any atom is 0.222 e. The summed E-state index contributed by atoms with van der Waals surface area (Å²) >= 11 is 0. The van der Waals surface area contributed by atoms with Gasteiger partial charge in [0, 0.05) is 42.3 Å². The van der Waals surface area contributed by atoms with Crippen LogP contribution < -0.4 is 0 Å². The summed E-state index contributed by atoms with van der Waals surface area (Å²) in [6.45, 7) is 0. The SMILES string of the molecule is CN(C)C(=O)CC[S@@](=O)C1Cc2ccccc2C1. The number of fused-ring (bicyclic) bond motifs is 1. The third-order valence-electron chi connectivity index (χ3n) is 3.40. The van der Waals surface area contributed by atoms with Crippen molar-refractivity contribution in [3.63, 3.8) is 0 Å². The molecule has 0 heterocycles. The van der Waals surface area contributed by atoms with Crippen LogP contribution in [0.5, 0.6) is 0 Å². The molecule has 1 aromatic rings. The first-order chi connectivity index (χ1) is 8.58. The molecule has 3 nitrogen and oxygen atoms in total. The van der Waals surface area contributed by atoms with Gasteiger partial charge in [0.1, 0.15) is 0 Å². The van der Waals surface area contributed by atoms with E-state index in [1.165, 1.54) is 11.1 Å². The molecule has 0 aliphatic heterocycles. The molecule has 0 fully saturated rings. The van der Waals surface area contributed by atoms with Gasteiger partial charge in [0.15, 0.2) is 0 Å². The van der Waals surface area contributed by atoms with Gasteiger partial charge in [-0.3, -0.25) is 9.00 Å². The van der Waals surface area contributed by atoms with Crippen LogP contribution >= 0.6 is 0 Å². The zero-order valence-corrected chi connectivity index (χ0v) is 11.7. The van der Waals surface area contributed by atoms with E-state index in [4.69, 9.17) is 0 Å². The molecule has 0 saturated heterocycles. The minimum atomic E-state index is -0.906. The van der Waals surface area contributed by atoms with Crippen LogP contribution in [0.25, 0.3) is 0 Å². The average Bonchev–Trinajstić information content (AvgIpc) is 2.79. The summed E-state index contributed by atoms with van der Waals surface area (Å²) in [5, 5.41) is 0.192. The fourth-order valence-electron chi connectivity index (χ4n) is 2.28. The largest absolute Gasteiger partial charge is 0.349 e. The Labute approximate surface area is 111 Å². The molecule has 1 atom stereocenters. The fourth-order valence-corrected chi connectivity index (χ4v) is 3.72. The molecule has 2 rings (SSSR count). The van der Waals surface area contributed by atoms with Gasteiger partial charge >= 0.3 is 0 Å². The van der Waals surface area contributed by atoms with Crippen LogP contribution in [0.15, 0.2) is 24.3 Å². The Kier molecular flexibility index (Phi) is 4.17. The number of amides is 1. The summed E-state index contributed by atoms with van der Waals surface area (Å²) in [6, 6.07) is 8.27. The second-order valence-electron chi connectivity index (χ2n) is 4.92. The zero-order valence-electron chi connectivity index (χ0n) is 10.9. The molecule has 0 N–H and O–H groups in total. The van der Waals surface area contributed by atoms with Crippen molar-refractivity contribution in [1.82, 2.24) is 4.90 Å². The van der Waals surface area contributed by atoms with Crippen LogP contribution in [0.1, 0.15) is 17.5 Å². The third-order valence-corrected chi connectivity index (χ3v) is 5.08. The maximum absolute atomic E-state index is 12.2. The second kappa shape index (κ2) is 5.65. The van der Waals surface area contributed by atoms with Crippen LogP contribution in [0.2, 0.25) is 0 Å². The molecule has 4 heteroatoms. The van der Waals surface area contributed by atoms with Crippen LogP contribution in [0.3, 0.4) is 0 Å². The number of carbonyl (C=O) groups excluding carboxylic acids is 1. The number of hydrogen-bond acceptors (Lipinski definition) is 2. The normalized spacial score (nSPS) is 16.3. The molecule has 0 unspecified atom stereocenters. The number of carbonyl (C=O) groups is 1. The lowest BCUT2D eigenvalue weighted by molar-refractivity contribution is -0.128. The van der Waals surface area contributed by atoms with E-state index in [2.05, 4.69) is 12.1 Å². The van der Waals surface area contributed by atoms with E-state index in [1.54, 1.807) is 19.0 Å². The summed E-state index contributed by atoms with van der Waals surface area (Å²) < 4.78 is 12.2. The topological polar surface area (TPSA) is 37.4 Å². The Morgan fingerprint density at radius 3 is 2.33 bits per heavy atom. The highest BCUT2D eigenvalue weighted by Crippen LogP contribution is 2.25. The van der Waals surface area contributed by atoms with Gasteiger partial charge in [0.05, 0.1) is 0 Å². The second-order valence-corrected chi connectivity index (χ2v) is 6.76. The van der Waals surface area contributed by atoms with Gasteiger partial charge in [-0.1, -0.05) is 24.3 Å². The van der Waals surface area contributed by atoms with Crippen molar-refractivity contribution in [2.75, 3.05) is 19.8 Å². The Morgan fingerprint density at radius 2 is 1.83 bits per heavy atom. The molecule has 0 spiro atoms. The van der Waals surface area contributed by atoms with Crippen LogP contribution in [-0.4, -0.2) is 40.1 Å². The zero-order chi connectivity index (χ0) is 13.1. The summed E-state index contributed by atoms with van der Waals surface area (Å²) in [5.74, 6) is 0.536. The quantitative estimate of drug-likeness (QED) is 0.825. The number of nitrogens with zero attached hydrogens (tertiary/aromatic N) is 1. The van der Waals surface area contributed by atoms with Crippen LogP contribution in [0.4, 0.5) is 0 Å². The summed E-state index contributed by atoms with van der Waals surface area (Å²) in [7, 11) is 2.56. The lowest BCUT2D eigenvalue weighted by Gasteiger charge is -2.12. The van der Waals surface area contributed by atoms with E-state index in [-0.39, 0.29) is 11.2 Å². The molecule has 0 aromatic heterocycles. The van der Waals surface area contributed by atoms with Gasteiger partial charge in [-0.2, -0.15) is 0 Å². The molecule has 0 saturated carbocycles. The van der Waals surface area contributed by atoms with Crippen molar-refractivity contribution >= 4 is 16.7 Å². The highest BCUT2D eigenvalue weighted by Gasteiger charge is 2.26. The van der Waals surface area contributed by atoms with Gasteiger partial charge in [0.2, 0.25) is 5.91 Å². The smallest absolute Gasteiger partial charge is 0.222 e. The van der Waals surface area contributed by atoms with Crippen molar-refractivity contribution in [3.05, 3.63) is 35.4 Å². The Hall–Kier alpha value is -1.16. The summed E-state index contributed by atoms with van der Waals surface area (Å²) in [4.78, 5) is 13.0. The number of rotatable bonds is 4. The van der Waals surface area contributed by atoms with Gasteiger partial charge in [-0.15, -0.1) is 0 Å². The van der Waals surface area contributed by atoms with E-state index >= 15 is 0 Å². The lowest BCUT2D eigenvalue weighted by Crippen LogP contribution is -2.26. The highest BCUT2D eigenvalue weighted by molar-refractivity contribution is 7.85. The molecule has 1 aliphatic rings. The average molecular weight is 265 g/mol. The highest BCUT2D eigenvalue weighted by atomic mass is 32.2. The van der Waals surface area contributed by atoms with Crippen molar-refractivity contribution < 1.29 is 9.00 Å². The Balaban J connectivity index is 1.88. The van der Waals surface area contributed by atoms with Gasteiger partial charge in [-0.05, 0) is 24.0 Å². The van der Waals surface area contributed by atoms with Crippen molar-refractivity contribution in [2.24, 2.45) is 0 Å². The van der Waals surface area contributed by atoms with E-state index in [9.17, 15) is 9.00 Å². The first kappa shape index (κ1) is 13.3. The van der Waals surface area contributed by atoms with Crippen molar-refractivity contribution in [1.29, 1.82) is 0 Å². The molecule has 1 amide bonds. The fraction of sp³-hybridized carbons (Fsp3) is 0.500. The summed E-state index contributed by atoms with van der Waals surface area (Å²) in [6.07, 6.45) is 2.16. The van der Waals surface area contributed by atoms with E-state index in [1.807, 2.05) is 12.1 Å². The number of hydrogen-bond donors (Lipinski definition) is 0. The molecule has 1 aliphatic carbocycles. The Bertz CT molecular complexity index is 446. The van der Waals surface area contributed by atoms with Gasteiger partial charge in [-0.25, -0.2) is 0 Å². The standard InChI is InChI=1S/C14H19NO2S/c1-15(2)14(16)7-8-18(17)13-9-11-5-3-4-6-12(11)10-13/h3-6,13H,7-10H2,1-2H3/t18-/m1/s1. The molecular weight excluding hydrogens is 246 g/mol.